The Morgan fingerprint density at radius 1 is 1.40 bits per heavy atom. The van der Waals surface area contributed by atoms with E-state index >= 15 is 0 Å². The maximum Gasteiger partial charge on any atom is 0.219 e. The van der Waals surface area contributed by atoms with Gasteiger partial charge in [0.1, 0.15) is 0 Å². The topological polar surface area (TPSA) is 41.6 Å². The first-order chi connectivity index (χ1) is 7.29. The molecule has 15 heavy (non-hydrogen) atoms. The Balaban J connectivity index is 1.69. The minimum Gasteiger partial charge on any atom is -0.378 e. The lowest BCUT2D eigenvalue weighted by molar-refractivity contribution is -0.122. The third-order valence-electron chi connectivity index (χ3n) is 3.35. The van der Waals surface area contributed by atoms with Crippen LogP contribution in [0, 0.1) is 0 Å². The van der Waals surface area contributed by atoms with Gasteiger partial charge >= 0.3 is 0 Å². The second-order valence-corrected chi connectivity index (χ2v) is 4.42. The molecule has 4 nitrogen and oxygen atoms in total. The number of ether oxygens (including phenoxy) is 1. The highest BCUT2D eigenvalue weighted by atomic mass is 16.5. The molecule has 2 rings (SSSR count). The molecule has 2 aliphatic heterocycles. The Labute approximate surface area is 91.0 Å². The third-order valence-corrected chi connectivity index (χ3v) is 3.35. The Bertz CT molecular complexity index is 221. The van der Waals surface area contributed by atoms with Gasteiger partial charge in [0, 0.05) is 25.6 Å². The fourth-order valence-electron chi connectivity index (χ4n) is 2.17. The summed E-state index contributed by atoms with van der Waals surface area (Å²) in [5, 5.41) is 3.07. The molecule has 2 fully saturated rings. The molecule has 2 saturated heterocycles. The molecular formula is C11H20N2O2. The summed E-state index contributed by atoms with van der Waals surface area (Å²) >= 11 is 0. The Hall–Kier alpha value is -0.610. The fourth-order valence-corrected chi connectivity index (χ4v) is 2.17. The number of piperidine rings is 1. The molecule has 4 heteroatoms. The molecule has 0 saturated carbocycles. The van der Waals surface area contributed by atoms with Crippen molar-refractivity contribution >= 4 is 5.91 Å². The summed E-state index contributed by atoms with van der Waals surface area (Å²) in [5.74, 6) is 0.181. The van der Waals surface area contributed by atoms with Gasteiger partial charge in [0.15, 0.2) is 0 Å². The number of hydrogen-bond donors (Lipinski definition) is 1. The van der Waals surface area contributed by atoms with Crippen molar-refractivity contribution in [3.8, 4) is 0 Å². The van der Waals surface area contributed by atoms with E-state index in [0.29, 0.717) is 18.5 Å². The van der Waals surface area contributed by atoms with Crippen molar-refractivity contribution in [1.29, 1.82) is 0 Å². The van der Waals surface area contributed by atoms with Gasteiger partial charge < -0.3 is 10.1 Å². The monoisotopic (exact) mass is 212 g/mol. The van der Waals surface area contributed by atoms with E-state index in [1.54, 1.807) is 0 Å². The van der Waals surface area contributed by atoms with Crippen molar-refractivity contribution in [2.75, 3.05) is 26.3 Å². The Kier molecular flexibility index (Phi) is 3.59. The predicted octanol–water partition coefficient (Wildman–Crippen LogP) is 0.376. The maximum absolute atomic E-state index is 11.2. The number of carbonyl (C=O) groups excluding carboxylic acids is 1. The van der Waals surface area contributed by atoms with Crippen molar-refractivity contribution in [2.24, 2.45) is 0 Å². The van der Waals surface area contributed by atoms with E-state index in [1.165, 1.54) is 0 Å². The molecule has 0 spiro atoms. The van der Waals surface area contributed by atoms with Crippen molar-refractivity contribution in [3.05, 3.63) is 0 Å². The number of rotatable bonds is 3. The molecule has 0 aromatic heterocycles. The Morgan fingerprint density at radius 3 is 2.53 bits per heavy atom. The molecule has 86 valence electrons. The van der Waals surface area contributed by atoms with Gasteiger partial charge in [-0.3, -0.25) is 9.69 Å². The van der Waals surface area contributed by atoms with Crippen LogP contribution < -0.4 is 5.32 Å². The summed E-state index contributed by atoms with van der Waals surface area (Å²) in [4.78, 5) is 13.7. The summed E-state index contributed by atoms with van der Waals surface area (Å²) in [7, 11) is 0. The average Bonchev–Trinajstić information content (AvgIpc) is 2.18. The molecule has 0 aliphatic carbocycles. The molecule has 1 amide bonds. The zero-order chi connectivity index (χ0) is 10.7. The minimum atomic E-state index is 0.181. The van der Waals surface area contributed by atoms with Crippen molar-refractivity contribution in [1.82, 2.24) is 10.2 Å². The fraction of sp³-hybridized carbons (Fsp3) is 0.909. The molecule has 0 aromatic carbocycles. The molecular weight excluding hydrogens is 192 g/mol. The van der Waals surface area contributed by atoms with E-state index in [0.717, 1.165) is 39.1 Å². The van der Waals surface area contributed by atoms with E-state index in [1.807, 2.05) is 6.92 Å². The van der Waals surface area contributed by atoms with Gasteiger partial charge in [0.05, 0.1) is 19.3 Å². The maximum atomic E-state index is 11.2. The predicted molar refractivity (Wildman–Crippen MR) is 57.6 cm³/mol. The minimum absolute atomic E-state index is 0.181. The second kappa shape index (κ2) is 4.94. The smallest absolute Gasteiger partial charge is 0.219 e. The summed E-state index contributed by atoms with van der Waals surface area (Å²) < 4.78 is 5.19. The van der Waals surface area contributed by atoms with E-state index in [2.05, 4.69) is 10.2 Å². The molecule has 0 aromatic rings. The first-order valence-electron chi connectivity index (χ1n) is 5.90. The van der Waals surface area contributed by atoms with Crippen molar-refractivity contribution in [2.45, 2.75) is 38.3 Å². The van der Waals surface area contributed by atoms with Crippen LogP contribution in [-0.4, -0.2) is 49.2 Å². The number of nitrogens with one attached hydrogen (secondary N) is 1. The van der Waals surface area contributed by atoms with Crippen LogP contribution in [0.2, 0.25) is 0 Å². The first kappa shape index (κ1) is 10.9. The molecule has 0 radical (unpaired) electrons. The molecule has 2 heterocycles. The SMILES string of the molecule is CCC(=O)NC1CCN(C2COC2)CC1. The summed E-state index contributed by atoms with van der Waals surface area (Å²) in [6, 6.07) is 1.04. The number of likely N-dealkylation sites (tertiary alicyclic amines) is 1. The summed E-state index contributed by atoms with van der Waals surface area (Å²) in [6.07, 6.45) is 2.77. The molecule has 0 unspecified atom stereocenters. The van der Waals surface area contributed by atoms with Crippen molar-refractivity contribution in [3.63, 3.8) is 0 Å². The largest absolute Gasteiger partial charge is 0.378 e. The van der Waals surface area contributed by atoms with Crippen molar-refractivity contribution < 1.29 is 9.53 Å². The summed E-state index contributed by atoms with van der Waals surface area (Å²) in [5.41, 5.74) is 0. The van der Waals surface area contributed by atoms with Crippen LogP contribution in [0.5, 0.6) is 0 Å². The van der Waals surface area contributed by atoms with Crippen LogP contribution in [0.1, 0.15) is 26.2 Å². The lowest BCUT2D eigenvalue weighted by Gasteiger charge is -2.41. The van der Waals surface area contributed by atoms with Gasteiger partial charge in [-0.25, -0.2) is 0 Å². The van der Waals surface area contributed by atoms with Gasteiger partial charge in [-0.15, -0.1) is 0 Å². The van der Waals surface area contributed by atoms with Crippen LogP contribution in [0.15, 0.2) is 0 Å². The van der Waals surface area contributed by atoms with Gasteiger partial charge in [0.2, 0.25) is 5.91 Å². The lowest BCUT2D eigenvalue weighted by Crippen LogP contribution is -2.54. The highest BCUT2D eigenvalue weighted by molar-refractivity contribution is 5.75. The summed E-state index contributed by atoms with van der Waals surface area (Å²) in [6.45, 7) is 5.89. The molecule has 1 N–H and O–H groups in total. The van der Waals surface area contributed by atoms with Gasteiger partial charge in [0.25, 0.3) is 0 Å². The van der Waals surface area contributed by atoms with E-state index in [9.17, 15) is 4.79 Å². The lowest BCUT2D eigenvalue weighted by atomic mass is 10.0. The van der Waals surface area contributed by atoms with Crippen LogP contribution in [0.3, 0.4) is 0 Å². The normalized spacial score (nSPS) is 24.9. The van der Waals surface area contributed by atoms with Crippen LogP contribution in [0.4, 0.5) is 0 Å². The molecule has 2 aliphatic rings. The number of hydrogen-bond acceptors (Lipinski definition) is 3. The van der Waals surface area contributed by atoms with E-state index in [4.69, 9.17) is 4.74 Å². The van der Waals surface area contributed by atoms with Gasteiger partial charge in [-0.2, -0.15) is 0 Å². The third kappa shape index (κ3) is 2.69. The first-order valence-corrected chi connectivity index (χ1v) is 5.90. The average molecular weight is 212 g/mol. The highest BCUT2D eigenvalue weighted by Gasteiger charge is 2.29. The highest BCUT2D eigenvalue weighted by Crippen LogP contribution is 2.17. The molecule has 0 atom stereocenters. The number of amides is 1. The van der Waals surface area contributed by atoms with Crippen LogP contribution >= 0.6 is 0 Å². The zero-order valence-corrected chi connectivity index (χ0v) is 9.37. The van der Waals surface area contributed by atoms with Crippen LogP contribution in [-0.2, 0) is 9.53 Å². The zero-order valence-electron chi connectivity index (χ0n) is 9.37. The molecule has 0 bridgehead atoms. The Morgan fingerprint density at radius 2 is 2.07 bits per heavy atom. The number of carbonyl (C=O) groups is 1. The second-order valence-electron chi connectivity index (χ2n) is 4.42. The van der Waals surface area contributed by atoms with E-state index in [-0.39, 0.29) is 5.91 Å². The standard InChI is InChI=1S/C11H20N2O2/c1-2-11(14)12-9-3-5-13(6-4-9)10-7-15-8-10/h9-10H,2-8H2,1H3,(H,12,14). The van der Waals surface area contributed by atoms with E-state index < -0.39 is 0 Å². The van der Waals surface area contributed by atoms with Gasteiger partial charge in [-0.05, 0) is 12.8 Å². The number of nitrogens with zero attached hydrogens (tertiary/aromatic N) is 1. The quantitative estimate of drug-likeness (QED) is 0.735. The van der Waals surface area contributed by atoms with Gasteiger partial charge in [-0.1, -0.05) is 6.92 Å². The van der Waals surface area contributed by atoms with Crippen LogP contribution in [0.25, 0.3) is 0 Å².